The Labute approximate surface area is 77.8 Å². The normalized spacial score (nSPS) is 14.2. The summed E-state index contributed by atoms with van der Waals surface area (Å²) in [6.45, 7) is 5.19. The minimum absolute atomic E-state index is 0.587. The van der Waals surface area contributed by atoms with E-state index in [1.807, 2.05) is 6.07 Å². The molecule has 0 fully saturated rings. The summed E-state index contributed by atoms with van der Waals surface area (Å²) in [6.07, 6.45) is 1.47. The molecule has 0 aliphatic rings. The van der Waals surface area contributed by atoms with E-state index in [2.05, 4.69) is 6.58 Å². The highest BCUT2D eigenvalue weighted by atomic mass is 16.3. The highest BCUT2D eigenvalue weighted by molar-refractivity contribution is 5.35. The Morgan fingerprint density at radius 2 is 2.00 bits per heavy atom. The Balaban J connectivity index is 3.07. The summed E-state index contributed by atoms with van der Waals surface area (Å²) in [6, 6.07) is 8.81. The number of rotatable bonds is 2. The highest BCUT2D eigenvalue weighted by Crippen LogP contribution is 2.21. The van der Waals surface area contributed by atoms with Crippen molar-refractivity contribution in [1.82, 2.24) is 0 Å². The lowest BCUT2D eigenvalue weighted by atomic mass is 9.95. The van der Waals surface area contributed by atoms with Crippen LogP contribution in [-0.2, 0) is 5.60 Å². The van der Waals surface area contributed by atoms with Gasteiger partial charge in [-0.3, -0.25) is 0 Å². The van der Waals surface area contributed by atoms with E-state index in [-0.39, 0.29) is 0 Å². The molecule has 1 aromatic carbocycles. The van der Waals surface area contributed by atoms with E-state index in [0.29, 0.717) is 5.56 Å². The maximum absolute atomic E-state index is 9.76. The molecule has 0 heterocycles. The number of hydrogen-bond donors (Lipinski definition) is 1. The molecule has 1 atom stereocenters. The van der Waals surface area contributed by atoms with Crippen molar-refractivity contribution in [3.8, 4) is 6.07 Å². The number of aliphatic hydroxyl groups is 1. The van der Waals surface area contributed by atoms with Crippen LogP contribution in [0.5, 0.6) is 0 Å². The second-order valence-electron chi connectivity index (χ2n) is 3.04. The summed E-state index contributed by atoms with van der Waals surface area (Å²) in [5.74, 6) is 0. The van der Waals surface area contributed by atoms with Gasteiger partial charge in [-0.2, -0.15) is 5.26 Å². The van der Waals surface area contributed by atoms with Gasteiger partial charge in [0.25, 0.3) is 0 Å². The zero-order valence-electron chi connectivity index (χ0n) is 7.49. The molecule has 0 aliphatic carbocycles. The molecule has 0 spiro atoms. The van der Waals surface area contributed by atoms with Crippen LogP contribution in [0.1, 0.15) is 18.1 Å². The maximum Gasteiger partial charge on any atom is 0.105 e. The van der Waals surface area contributed by atoms with Gasteiger partial charge in [-0.05, 0) is 24.6 Å². The summed E-state index contributed by atoms with van der Waals surface area (Å²) in [7, 11) is 0. The molecule has 0 amide bonds. The molecule has 1 N–H and O–H groups in total. The summed E-state index contributed by atoms with van der Waals surface area (Å²) < 4.78 is 0. The van der Waals surface area contributed by atoms with Crippen LogP contribution < -0.4 is 0 Å². The van der Waals surface area contributed by atoms with Gasteiger partial charge in [-0.25, -0.2) is 0 Å². The minimum atomic E-state index is -1.02. The molecular weight excluding hydrogens is 162 g/mol. The van der Waals surface area contributed by atoms with Crippen LogP contribution in [0.4, 0.5) is 0 Å². The van der Waals surface area contributed by atoms with Gasteiger partial charge in [0.2, 0.25) is 0 Å². The lowest BCUT2D eigenvalue weighted by Crippen LogP contribution is -2.16. The largest absolute Gasteiger partial charge is 0.381 e. The standard InChI is InChI=1S/C11H11NO/c1-3-11(2,13)10-6-4-9(8-12)5-7-10/h3-7,13H,1H2,2H3. The fourth-order valence-electron chi connectivity index (χ4n) is 1.00. The van der Waals surface area contributed by atoms with E-state index in [1.54, 1.807) is 31.2 Å². The summed E-state index contributed by atoms with van der Waals surface area (Å²) in [5, 5.41) is 18.3. The first-order valence-corrected chi connectivity index (χ1v) is 3.97. The third-order valence-electron chi connectivity index (χ3n) is 2.00. The molecule has 13 heavy (non-hydrogen) atoms. The average molecular weight is 173 g/mol. The average Bonchev–Trinajstić information content (AvgIpc) is 2.18. The number of hydrogen-bond acceptors (Lipinski definition) is 2. The van der Waals surface area contributed by atoms with Gasteiger partial charge in [-0.1, -0.05) is 24.8 Å². The van der Waals surface area contributed by atoms with Crippen LogP contribution in [0, 0.1) is 11.3 Å². The van der Waals surface area contributed by atoms with Gasteiger partial charge in [0.1, 0.15) is 5.60 Å². The SMILES string of the molecule is C=CC(C)(O)c1ccc(C#N)cc1. The predicted octanol–water partition coefficient (Wildman–Crippen LogP) is 1.95. The molecular formula is C11H11NO. The highest BCUT2D eigenvalue weighted by Gasteiger charge is 2.17. The Morgan fingerprint density at radius 1 is 1.46 bits per heavy atom. The molecule has 1 unspecified atom stereocenters. The Hall–Kier alpha value is -1.59. The van der Waals surface area contributed by atoms with Crippen LogP contribution in [0.3, 0.4) is 0 Å². The second kappa shape index (κ2) is 3.42. The fourth-order valence-corrected chi connectivity index (χ4v) is 1.00. The molecule has 0 saturated carbocycles. The van der Waals surface area contributed by atoms with Gasteiger partial charge < -0.3 is 5.11 Å². The van der Waals surface area contributed by atoms with Crippen LogP contribution >= 0.6 is 0 Å². The van der Waals surface area contributed by atoms with Crippen LogP contribution in [-0.4, -0.2) is 5.11 Å². The van der Waals surface area contributed by atoms with E-state index in [1.165, 1.54) is 6.08 Å². The van der Waals surface area contributed by atoms with E-state index < -0.39 is 5.60 Å². The van der Waals surface area contributed by atoms with Crippen LogP contribution in [0.25, 0.3) is 0 Å². The molecule has 2 nitrogen and oxygen atoms in total. The smallest absolute Gasteiger partial charge is 0.105 e. The van der Waals surface area contributed by atoms with Crippen molar-refractivity contribution in [2.24, 2.45) is 0 Å². The van der Waals surface area contributed by atoms with Crippen molar-refractivity contribution in [2.45, 2.75) is 12.5 Å². The van der Waals surface area contributed by atoms with Gasteiger partial charge >= 0.3 is 0 Å². The number of nitriles is 1. The van der Waals surface area contributed by atoms with Crippen LogP contribution in [0.15, 0.2) is 36.9 Å². The third kappa shape index (κ3) is 1.95. The minimum Gasteiger partial charge on any atom is -0.381 e. The molecule has 2 heteroatoms. The zero-order chi connectivity index (χ0) is 9.90. The lowest BCUT2D eigenvalue weighted by molar-refractivity contribution is 0.111. The molecule has 0 saturated heterocycles. The first kappa shape index (κ1) is 9.50. The van der Waals surface area contributed by atoms with Crippen molar-refractivity contribution >= 4 is 0 Å². The summed E-state index contributed by atoms with van der Waals surface area (Å²) in [4.78, 5) is 0. The van der Waals surface area contributed by atoms with Crippen molar-refractivity contribution in [3.05, 3.63) is 48.0 Å². The van der Waals surface area contributed by atoms with Crippen molar-refractivity contribution in [1.29, 1.82) is 5.26 Å². The zero-order valence-corrected chi connectivity index (χ0v) is 7.49. The van der Waals surface area contributed by atoms with Crippen molar-refractivity contribution in [3.63, 3.8) is 0 Å². The van der Waals surface area contributed by atoms with Crippen molar-refractivity contribution < 1.29 is 5.11 Å². The predicted molar refractivity (Wildman–Crippen MR) is 50.9 cm³/mol. The van der Waals surface area contributed by atoms with Gasteiger partial charge in [0.15, 0.2) is 0 Å². The monoisotopic (exact) mass is 173 g/mol. The summed E-state index contributed by atoms with van der Waals surface area (Å²) in [5.41, 5.74) is 0.304. The molecule has 0 aromatic heterocycles. The fraction of sp³-hybridized carbons (Fsp3) is 0.182. The van der Waals surface area contributed by atoms with Crippen LogP contribution in [0.2, 0.25) is 0 Å². The number of nitrogens with zero attached hydrogens (tertiary/aromatic N) is 1. The van der Waals surface area contributed by atoms with E-state index >= 15 is 0 Å². The molecule has 0 aliphatic heterocycles. The quantitative estimate of drug-likeness (QED) is 0.695. The Bertz CT molecular complexity index is 343. The topological polar surface area (TPSA) is 44.0 Å². The second-order valence-corrected chi connectivity index (χ2v) is 3.04. The molecule has 1 aromatic rings. The first-order valence-electron chi connectivity index (χ1n) is 3.97. The van der Waals surface area contributed by atoms with Crippen molar-refractivity contribution in [2.75, 3.05) is 0 Å². The lowest BCUT2D eigenvalue weighted by Gasteiger charge is -2.18. The molecule has 0 radical (unpaired) electrons. The van der Waals surface area contributed by atoms with E-state index in [9.17, 15) is 5.11 Å². The van der Waals surface area contributed by atoms with Gasteiger partial charge in [0, 0.05) is 0 Å². The number of benzene rings is 1. The van der Waals surface area contributed by atoms with Gasteiger partial charge in [-0.15, -0.1) is 0 Å². The van der Waals surface area contributed by atoms with E-state index in [0.717, 1.165) is 5.56 Å². The summed E-state index contributed by atoms with van der Waals surface area (Å²) >= 11 is 0. The van der Waals surface area contributed by atoms with Gasteiger partial charge in [0.05, 0.1) is 11.6 Å². The molecule has 66 valence electrons. The maximum atomic E-state index is 9.76. The molecule has 0 bridgehead atoms. The van der Waals surface area contributed by atoms with E-state index in [4.69, 9.17) is 5.26 Å². The third-order valence-corrected chi connectivity index (χ3v) is 2.00. The Morgan fingerprint density at radius 3 is 2.38 bits per heavy atom. The Kier molecular flexibility index (Phi) is 2.50. The first-order chi connectivity index (χ1) is 6.10. The molecule has 1 rings (SSSR count).